The van der Waals surface area contributed by atoms with E-state index in [-0.39, 0.29) is 11.3 Å². The van der Waals surface area contributed by atoms with Gasteiger partial charge in [0.15, 0.2) is 0 Å². The number of ether oxygens (including phenoxy) is 2. The van der Waals surface area contributed by atoms with Crippen molar-refractivity contribution in [2.24, 2.45) is 0 Å². The first-order valence-electron chi connectivity index (χ1n) is 13.4. The highest BCUT2D eigenvalue weighted by atomic mass is 16.5. The smallest absolute Gasteiger partial charge is 0.300 e. The molecule has 1 amide bonds. The number of aryl methyl sites for hydroxylation is 1. The Morgan fingerprint density at radius 1 is 0.833 bits per heavy atom. The number of anilines is 1. The van der Waals surface area contributed by atoms with Gasteiger partial charge < -0.3 is 19.0 Å². The Morgan fingerprint density at radius 2 is 1.52 bits per heavy atom. The van der Waals surface area contributed by atoms with Crippen molar-refractivity contribution in [2.45, 2.75) is 19.6 Å². The summed E-state index contributed by atoms with van der Waals surface area (Å²) >= 11 is 0. The number of para-hydroxylation sites is 1. The number of Topliss-reactive ketones (excluding diaryl/α,β-unsaturated/α-hetero) is 1. The molecule has 1 aliphatic rings. The molecular weight excluding hydrogens is 530 g/mol. The molecule has 42 heavy (non-hydrogen) atoms. The average molecular weight is 558 g/mol. The first kappa shape index (κ1) is 26.7. The van der Waals surface area contributed by atoms with Gasteiger partial charge in [-0.3, -0.25) is 14.5 Å². The molecule has 0 saturated carbocycles. The lowest BCUT2D eigenvalue weighted by atomic mass is 9.98. The van der Waals surface area contributed by atoms with E-state index in [1.165, 1.54) is 11.2 Å². The van der Waals surface area contributed by atoms with Gasteiger partial charge in [-0.25, -0.2) is 0 Å². The zero-order valence-corrected chi connectivity index (χ0v) is 22.8. The lowest BCUT2D eigenvalue weighted by molar-refractivity contribution is -0.132. The fraction of sp³-hybridized carbons (Fsp3) is 0.0857. The molecule has 1 saturated heterocycles. The number of carbonyl (C=O) groups excluding carboxylic acids is 2. The lowest BCUT2D eigenvalue weighted by Crippen LogP contribution is -2.29. The Bertz CT molecular complexity index is 1740. The number of aliphatic hydroxyl groups is 1. The summed E-state index contributed by atoms with van der Waals surface area (Å²) in [5, 5.41) is 11.5. The van der Waals surface area contributed by atoms with Crippen LogP contribution in [-0.2, 0) is 16.2 Å². The van der Waals surface area contributed by atoms with E-state index in [1.807, 2.05) is 67.6 Å². The van der Waals surface area contributed by atoms with Gasteiger partial charge in [-0.2, -0.15) is 0 Å². The highest BCUT2D eigenvalue weighted by Gasteiger charge is 2.48. The van der Waals surface area contributed by atoms with Crippen molar-refractivity contribution in [3.63, 3.8) is 0 Å². The van der Waals surface area contributed by atoms with E-state index in [4.69, 9.17) is 13.9 Å². The maximum Gasteiger partial charge on any atom is 0.300 e. The molecule has 1 unspecified atom stereocenters. The van der Waals surface area contributed by atoms with Gasteiger partial charge in [0.25, 0.3) is 11.7 Å². The number of benzene rings is 4. The number of amides is 1. The van der Waals surface area contributed by atoms with Gasteiger partial charge in [0.1, 0.15) is 41.4 Å². The zero-order valence-electron chi connectivity index (χ0n) is 22.8. The number of aliphatic hydroxyl groups excluding tert-OH is 1. The van der Waals surface area contributed by atoms with Crippen molar-refractivity contribution in [3.8, 4) is 17.2 Å². The van der Waals surface area contributed by atoms with Gasteiger partial charge >= 0.3 is 0 Å². The van der Waals surface area contributed by atoms with Crippen LogP contribution in [0.5, 0.6) is 17.2 Å². The highest BCUT2D eigenvalue weighted by Crippen LogP contribution is 2.43. The second-order valence-corrected chi connectivity index (χ2v) is 9.85. The second-order valence-electron chi connectivity index (χ2n) is 9.85. The maximum absolute atomic E-state index is 13.4. The Balaban J connectivity index is 1.32. The van der Waals surface area contributed by atoms with Crippen molar-refractivity contribution >= 4 is 23.1 Å². The van der Waals surface area contributed by atoms with Crippen LogP contribution in [0.3, 0.4) is 0 Å². The molecule has 1 fully saturated rings. The number of hydrogen-bond donors (Lipinski definition) is 1. The number of rotatable bonds is 8. The minimum atomic E-state index is -0.963. The molecule has 7 heteroatoms. The molecule has 7 nitrogen and oxygen atoms in total. The molecule has 1 aliphatic heterocycles. The third kappa shape index (κ3) is 5.28. The molecule has 208 valence electrons. The lowest BCUT2D eigenvalue weighted by Gasteiger charge is -2.23. The minimum Gasteiger partial charge on any atom is -0.507 e. The number of furan rings is 1. The molecule has 1 N–H and O–H groups in total. The maximum atomic E-state index is 13.4. The van der Waals surface area contributed by atoms with E-state index < -0.39 is 17.7 Å². The van der Waals surface area contributed by atoms with Crippen molar-refractivity contribution in [1.82, 2.24) is 0 Å². The third-order valence-electron chi connectivity index (χ3n) is 7.04. The summed E-state index contributed by atoms with van der Waals surface area (Å²) in [4.78, 5) is 28.2. The van der Waals surface area contributed by atoms with Crippen LogP contribution in [0.25, 0.3) is 5.76 Å². The molecule has 6 rings (SSSR count). The molecule has 0 spiro atoms. The number of nitrogens with zero attached hydrogens (tertiary/aromatic N) is 1. The number of carbonyl (C=O) groups is 2. The minimum absolute atomic E-state index is 0.0584. The molecule has 5 aromatic rings. The van der Waals surface area contributed by atoms with Gasteiger partial charge in [-0.15, -0.1) is 0 Å². The van der Waals surface area contributed by atoms with Crippen LogP contribution in [-0.4, -0.2) is 16.8 Å². The fourth-order valence-corrected chi connectivity index (χ4v) is 4.96. The monoisotopic (exact) mass is 557 g/mol. The third-order valence-corrected chi connectivity index (χ3v) is 7.04. The Kier molecular flexibility index (Phi) is 7.30. The zero-order chi connectivity index (χ0) is 29.1. The average Bonchev–Trinajstić information content (AvgIpc) is 3.64. The van der Waals surface area contributed by atoms with Gasteiger partial charge in [0.05, 0.1) is 11.8 Å². The van der Waals surface area contributed by atoms with Crippen LogP contribution in [0, 0.1) is 6.92 Å². The van der Waals surface area contributed by atoms with Crippen molar-refractivity contribution in [1.29, 1.82) is 0 Å². The molecule has 1 atom stereocenters. The van der Waals surface area contributed by atoms with E-state index in [9.17, 15) is 14.7 Å². The SMILES string of the molecule is Cc1cc(/C(O)=C2/C(=O)C(=O)N(c3ccc(Oc4ccccc4)cc3)C2c2ccco2)ccc1OCc1ccccc1. The van der Waals surface area contributed by atoms with E-state index in [0.717, 1.165) is 11.1 Å². The quantitative estimate of drug-likeness (QED) is 0.120. The summed E-state index contributed by atoms with van der Waals surface area (Å²) in [6.07, 6.45) is 1.47. The normalized spacial score (nSPS) is 16.0. The van der Waals surface area contributed by atoms with Crippen LogP contribution in [0.15, 0.2) is 132 Å². The predicted molar refractivity (Wildman–Crippen MR) is 158 cm³/mol. The predicted octanol–water partition coefficient (Wildman–Crippen LogP) is 7.59. The van der Waals surface area contributed by atoms with Crippen LogP contribution in [0.4, 0.5) is 5.69 Å². The summed E-state index contributed by atoms with van der Waals surface area (Å²) < 4.78 is 17.5. The number of ketones is 1. The van der Waals surface area contributed by atoms with Gasteiger partial charge in [-0.1, -0.05) is 48.5 Å². The van der Waals surface area contributed by atoms with Crippen LogP contribution in [0.2, 0.25) is 0 Å². The van der Waals surface area contributed by atoms with Crippen molar-refractivity contribution in [3.05, 3.63) is 150 Å². The molecule has 1 aromatic heterocycles. The summed E-state index contributed by atoms with van der Waals surface area (Å²) in [6, 6.07) is 33.5. The molecule has 0 aliphatic carbocycles. The van der Waals surface area contributed by atoms with Crippen LogP contribution >= 0.6 is 0 Å². The molecule has 0 bridgehead atoms. The van der Waals surface area contributed by atoms with Crippen molar-refractivity contribution < 1.29 is 28.6 Å². The highest BCUT2D eigenvalue weighted by molar-refractivity contribution is 6.51. The summed E-state index contributed by atoms with van der Waals surface area (Å²) in [7, 11) is 0. The van der Waals surface area contributed by atoms with Gasteiger partial charge in [0, 0.05) is 11.3 Å². The molecular formula is C35H27NO6. The number of hydrogen-bond acceptors (Lipinski definition) is 6. The largest absolute Gasteiger partial charge is 0.507 e. The summed E-state index contributed by atoms with van der Waals surface area (Å²) in [5.41, 5.74) is 2.59. The second kappa shape index (κ2) is 11.5. The van der Waals surface area contributed by atoms with Gasteiger partial charge in [0.2, 0.25) is 0 Å². The van der Waals surface area contributed by atoms with Crippen LogP contribution < -0.4 is 14.4 Å². The van der Waals surface area contributed by atoms with E-state index in [1.54, 1.807) is 54.6 Å². The van der Waals surface area contributed by atoms with Gasteiger partial charge in [-0.05, 0) is 84.8 Å². The molecule has 4 aromatic carbocycles. The summed E-state index contributed by atoms with van der Waals surface area (Å²) in [5.74, 6) is 0.374. The Morgan fingerprint density at radius 3 is 2.19 bits per heavy atom. The molecule has 0 radical (unpaired) electrons. The van der Waals surface area contributed by atoms with E-state index >= 15 is 0 Å². The first-order valence-corrected chi connectivity index (χ1v) is 13.4. The van der Waals surface area contributed by atoms with E-state index in [2.05, 4.69) is 0 Å². The molecule has 2 heterocycles. The topological polar surface area (TPSA) is 89.2 Å². The standard InChI is InChI=1S/C35H27NO6/c1-23-21-25(14-19-29(23)41-22-24-9-4-2-5-10-24)33(37)31-32(30-13-8-20-40-30)36(35(39)34(31)38)26-15-17-28(18-16-26)42-27-11-6-3-7-12-27/h2-21,32,37H,22H2,1H3/b33-31-. The van der Waals surface area contributed by atoms with Crippen molar-refractivity contribution in [2.75, 3.05) is 4.90 Å². The van der Waals surface area contributed by atoms with Crippen LogP contribution in [0.1, 0.15) is 28.5 Å². The van der Waals surface area contributed by atoms with E-state index in [0.29, 0.717) is 40.9 Å². The summed E-state index contributed by atoms with van der Waals surface area (Å²) in [6.45, 7) is 2.25. The fourth-order valence-electron chi connectivity index (χ4n) is 4.96. The Hall–Kier alpha value is -5.56. The first-order chi connectivity index (χ1) is 20.5. The Labute approximate surface area is 242 Å².